The third-order valence-electron chi connectivity index (χ3n) is 6.48. The summed E-state index contributed by atoms with van der Waals surface area (Å²) in [5, 5.41) is 0. The first-order valence-electron chi connectivity index (χ1n) is 11.9. The molecule has 0 unspecified atom stereocenters. The Morgan fingerprint density at radius 2 is 1.67 bits per heavy atom. The number of aromatic nitrogens is 2. The predicted octanol–water partition coefficient (Wildman–Crippen LogP) is 4.60. The lowest BCUT2D eigenvalue weighted by Gasteiger charge is -2.24. The maximum absolute atomic E-state index is 13.4. The van der Waals surface area contributed by atoms with Crippen molar-refractivity contribution in [2.24, 2.45) is 5.73 Å². The molecule has 0 bridgehead atoms. The lowest BCUT2D eigenvalue weighted by atomic mass is 10.0. The molecule has 0 fully saturated rings. The van der Waals surface area contributed by atoms with Crippen LogP contribution in [0.3, 0.4) is 0 Å². The summed E-state index contributed by atoms with van der Waals surface area (Å²) in [4.78, 5) is 22.7. The van der Waals surface area contributed by atoms with Gasteiger partial charge in [-0.15, -0.1) is 0 Å². The van der Waals surface area contributed by atoms with Gasteiger partial charge in [0.1, 0.15) is 30.3 Å². The lowest BCUT2D eigenvalue weighted by Crippen LogP contribution is -2.28. The molecule has 2 N–H and O–H groups in total. The van der Waals surface area contributed by atoms with Crippen LogP contribution in [0.15, 0.2) is 73.1 Å². The largest absolute Gasteiger partial charge is 0.491 e. The van der Waals surface area contributed by atoms with Crippen molar-refractivity contribution >= 4 is 11.7 Å². The van der Waals surface area contributed by atoms with Gasteiger partial charge in [-0.25, -0.2) is 14.4 Å². The van der Waals surface area contributed by atoms with Gasteiger partial charge in [-0.2, -0.15) is 0 Å². The maximum Gasteiger partial charge on any atom is 0.248 e. The van der Waals surface area contributed by atoms with Gasteiger partial charge in [0.05, 0.1) is 6.54 Å². The second-order valence-electron chi connectivity index (χ2n) is 9.01. The number of amides is 1. The van der Waals surface area contributed by atoms with E-state index in [4.69, 9.17) is 10.5 Å². The Morgan fingerprint density at radius 1 is 0.972 bits per heavy atom. The van der Waals surface area contributed by atoms with Crippen molar-refractivity contribution < 1.29 is 13.9 Å². The molecule has 1 aromatic heterocycles. The van der Waals surface area contributed by atoms with Crippen molar-refractivity contribution in [3.05, 3.63) is 118 Å². The van der Waals surface area contributed by atoms with E-state index in [1.807, 2.05) is 25.1 Å². The van der Waals surface area contributed by atoms with E-state index in [1.165, 1.54) is 12.1 Å². The lowest BCUT2D eigenvalue weighted by molar-refractivity contribution is 0.100. The van der Waals surface area contributed by atoms with E-state index in [2.05, 4.69) is 27.0 Å². The van der Waals surface area contributed by atoms with Gasteiger partial charge in [0.15, 0.2) is 0 Å². The van der Waals surface area contributed by atoms with Crippen LogP contribution < -0.4 is 15.4 Å². The van der Waals surface area contributed by atoms with Crippen molar-refractivity contribution in [3.63, 3.8) is 0 Å². The monoisotopic (exact) mass is 482 g/mol. The Kier molecular flexibility index (Phi) is 6.62. The van der Waals surface area contributed by atoms with Gasteiger partial charge < -0.3 is 15.4 Å². The summed E-state index contributed by atoms with van der Waals surface area (Å²) in [6, 6.07) is 20.2. The molecule has 0 saturated heterocycles. The first-order valence-corrected chi connectivity index (χ1v) is 11.9. The molecule has 6 nitrogen and oxygen atoms in total. The molecule has 1 amide bonds. The van der Waals surface area contributed by atoms with E-state index < -0.39 is 5.91 Å². The molecule has 3 aromatic carbocycles. The first kappa shape index (κ1) is 23.5. The van der Waals surface area contributed by atoms with Crippen molar-refractivity contribution in [2.75, 3.05) is 18.1 Å². The fourth-order valence-corrected chi connectivity index (χ4v) is 4.53. The topological polar surface area (TPSA) is 81.3 Å². The molecule has 0 atom stereocenters. The number of nitrogens with zero attached hydrogens (tertiary/aromatic N) is 3. The molecule has 0 radical (unpaired) electrons. The Balaban J connectivity index is 1.40. The zero-order valence-electron chi connectivity index (χ0n) is 20.1. The summed E-state index contributed by atoms with van der Waals surface area (Å²) < 4.78 is 19.5. The third-order valence-corrected chi connectivity index (χ3v) is 6.48. The van der Waals surface area contributed by atoms with Crippen molar-refractivity contribution in [1.82, 2.24) is 9.97 Å². The number of hydrogen-bond acceptors (Lipinski definition) is 5. The minimum atomic E-state index is -0.428. The molecule has 4 aromatic rings. The Bertz CT molecular complexity index is 1390. The molecular formula is C29H27FN4O2. The van der Waals surface area contributed by atoms with E-state index in [9.17, 15) is 9.18 Å². The number of hydrogen-bond donors (Lipinski definition) is 1. The number of primary amides is 1. The van der Waals surface area contributed by atoms with Crippen LogP contribution in [0.4, 0.5) is 10.2 Å². The number of rotatable bonds is 6. The van der Waals surface area contributed by atoms with Gasteiger partial charge in [0.25, 0.3) is 0 Å². The molecule has 182 valence electrons. The van der Waals surface area contributed by atoms with E-state index >= 15 is 0 Å². The van der Waals surface area contributed by atoms with E-state index in [-0.39, 0.29) is 5.82 Å². The molecular weight excluding hydrogens is 455 g/mol. The number of benzene rings is 3. The highest BCUT2D eigenvalue weighted by Gasteiger charge is 2.21. The quantitative estimate of drug-likeness (QED) is 0.434. The van der Waals surface area contributed by atoms with E-state index in [1.54, 1.807) is 30.6 Å². The zero-order valence-corrected chi connectivity index (χ0v) is 20.1. The Morgan fingerprint density at radius 3 is 2.42 bits per heavy atom. The number of ether oxygens (including phenoxy) is 1. The zero-order chi connectivity index (χ0) is 25.1. The number of nitrogens with two attached hydrogens (primary N) is 1. The van der Waals surface area contributed by atoms with Gasteiger partial charge in [0, 0.05) is 35.3 Å². The summed E-state index contributed by atoms with van der Waals surface area (Å²) in [6.07, 6.45) is 2.94. The Hall–Kier alpha value is -4.26. The van der Waals surface area contributed by atoms with Crippen LogP contribution in [0, 0.1) is 12.7 Å². The standard InChI is InChI=1S/C29H27FN4O2/c1-19-26(16-21-4-9-25(30)10-5-21)29(33-18-32-19)34-12-13-36-27-11-6-22(15-24(27)17-34)14-20-2-7-23(8-3-20)28(31)35/h2-11,15,18H,12-14,16-17H2,1H3,(H2,31,35). The molecule has 5 rings (SSSR count). The minimum Gasteiger partial charge on any atom is -0.491 e. The maximum atomic E-state index is 13.4. The van der Waals surface area contributed by atoms with Gasteiger partial charge in [-0.05, 0) is 66.4 Å². The third kappa shape index (κ3) is 5.20. The smallest absolute Gasteiger partial charge is 0.248 e. The summed E-state index contributed by atoms with van der Waals surface area (Å²) in [5.41, 5.74) is 12.1. The summed E-state index contributed by atoms with van der Waals surface area (Å²) in [7, 11) is 0. The molecule has 7 heteroatoms. The first-order chi connectivity index (χ1) is 17.5. The van der Waals surface area contributed by atoms with Gasteiger partial charge in [0.2, 0.25) is 5.91 Å². The van der Waals surface area contributed by atoms with Crippen LogP contribution in [0.5, 0.6) is 5.75 Å². The van der Waals surface area contributed by atoms with Crippen LogP contribution in [-0.4, -0.2) is 29.0 Å². The molecule has 0 aliphatic carbocycles. The van der Waals surface area contributed by atoms with Crippen LogP contribution in [0.1, 0.15) is 43.9 Å². The number of carbonyl (C=O) groups is 1. The molecule has 1 aliphatic rings. The highest BCUT2D eigenvalue weighted by Crippen LogP contribution is 2.30. The van der Waals surface area contributed by atoms with E-state index in [0.29, 0.717) is 31.7 Å². The minimum absolute atomic E-state index is 0.249. The molecule has 2 heterocycles. The van der Waals surface area contributed by atoms with Crippen LogP contribution >= 0.6 is 0 Å². The predicted molar refractivity (Wildman–Crippen MR) is 137 cm³/mol. The number of aryl methyl sites for hydroxylation is 1. The van der Waals surface area contributed by atoms with Crippen molar-refractivity contribution in [1.29, 1.82) is 0 Å². The number of halogens is 1. The highest BCUT2D eigenvalue weighted by molar-refractivity contribution is 5.92. The van der Waals surface area contributed by atoms with Crippen LogP contribution in [0.25, 0.3) is 0 Å². The molecule has 36 heavy (non-hydrogen) atoms. The fourth-order valence-electron chi connectivity index (χ4n) is 4.53. The summed E-state index contributed by atoms with van der Waals surface area (Å²) >= 11 is 0. The Labute approximate surface area is 209 Å². The average Bonchev–Trinajstić information content (AvgIpc) is 3.09. The molecule has 0 spiro atoms. The second-order valence-corrected chi connectivity index (χ2v) is 9.01. The van der Waals surface area contributed by atoms with Gasteiger partial charge in [-0.3, -0.25) is 4.79 Å². The number of fused-ring (bicyclic) bond motifs is 1. The number of carbonyl (C=O) groups excluding carboxylic acids is 1. The second kappa shape index (κ2) is 10.2. The SMILES string of the molecule is Cc1ncnc(N2CCOc3ccc(Cc4ccc(C(N)=O)cc4)cc3C2)c1Cc1ccc(F)cc1. The van der Waals surface area contributed by atoms with Crippen LogP contribution in [0.2, 0.25) is 0 Å². The van der Waals surface area contributed by atoms with Crippen molar-refractivity contribution in [3.8, 4) is 5.75 Å². The van der Waals surface area contributed by atoms with Crippen LogP contribution in [-0.2, 0) is 19.4 Å². The van der Waals surface area contributed by atoms with E-state index in [0.717, 1.165) is 51.5 Å². The van der Waals surface area contributed by atoms with Crippen molar-refractivity contribution in [2.45, 2.75) is 26.3 Å². The average molecular weight is 483 g/mol. The highest BCUT2D eigenvalue weighted by atomic mass is 19.1. The number of anilines is 1. The van der Waals surface area contributed by atoms with Gasteiger partial charge >= 0.3 is 0 Å². The molecule has 0 saturated carbocycles. The molecule has 1 aliphatic heterocycles. The van der Waals surface area contributed by atoms with Gasteiger partial charge in [-0.1, -0.05) is 30.3 Å². The fraction of sp³-hybridized carbons (Fsp3) is 0.207. The summed E-state index contributed by atoms with van der Waals surface area (Å²) in [6.45, 7) is 3.86. The summed E-state index contributed by atoms with van der Waals surface area (Å²) in [5.74, 6) is 1.07. The normalized spacial score (nSPS) is 13.0.